The molecule has 0 bridgehead atoms. The van der Waals surface area contributed by atoms with E-state index in [1.807, 2.05) is 0 Å². The largest absolute Gasteiger partial charge is 0.506 e. The number of phenols is 1. The van der Waals surface area contributed by atoms with Crippen LogP contribution >= 0.6 is 0 Å². The van der Waals surface area contributed by atoms with E-state index in [4.69, 9.17) is 4.74 Å². The molecule has 10 nitrogen and oxygen atoms in total. The Morgan fingerprint density at radius 1 is 1.00 bits per heavy atom. The van der Waals surface area contributed by atoms with Gasteiger partial charge in [-0.1, -0.05) is 0 Å². The number of aromatic hydroxyl groups is 1. The van der Waals surface area contributed by atoms with Crippen molar-refractivity contribution in [3.8, 4) is 11.5 Å². The second-order valence-corrected chi connectivity index (χ2v) is 6.39. The molecular weight excluding hydrogens is 344 g/mol. The van der Waals surface area contributed by atoms with Gasteiger partial charge in [0, 0.05) is 12.1 Å². The van der Waals surface area contributed by atoms with Crippen LogP contribution < -0.4 is 4.74 Å². The van der Waals surface area contributed by atoms with Gasteiger partial charge in [-0.15, -0.1) is 0 Å². The molecule has 0 aliphatic rings. The minimum atomic E-state index is -4.48. The number of non-ortho nitro benzene ring substituents is 1. The molecule has 0 aromatic heterocycles. The highest BCUT2D eigenvalue weighted by Gasteiger charge is 2.31. The molecule has 11 heteroatoms. The van der Waals surface area contributed by atoms with Gasteiger partial charge in [-0.25, -0.2) is 8.42 Å². The molecule has 24 heavy (non-hydrogen) atoms. The number of benzene rings is 2. The lowest BCUT2D eigenvalue weighted by Gasteiger charge is -2.08. The molecule has 0 aliphatic heterocycles. The average Bonchev–Trinajstić information content (AvgIpc) is 2.53. The van der Waals surface area contributed by atoms with Crippen molar-refractivity contribution in [3.05, 3.63) is 56.6 Å². The second-order valence-electron chi connectivity index (χ2n) is 4.50. The lowest BCUT2D eigenvalue weighted by Crippen LogP contribution is -2.07. The highest BCUT2D eigenvalue weighted by atomic mass is 32.2. The van der Waals surface area contributed by atoms with E-state index in [1.54, 1.807) is 0 Å². The first-order valence-electron chi connectivity index (χ1n) is 6.23. The smallest absolute Gasteiger partial charge is 0.295 e. The number of rotatable bonds is 5. The standard InChI is InChI=1S/C13H10N2O8S/c1-23-9-3-5-13(11(16)7-9)24(21,22)12-4-2-8(14(17)18)6-10(12)15(19)20/h2-7,16H,1H3. The molecule has 2 rings (SSSR count). The van der Waals surface area contributed by atoms with Crippen LogP contribution in [0.3, 0.4) is 0 Å². The van der Waals surface area contributed by atoms with Crippen LogP contribution in [0, 0.1) is 20.2 Å². The summed E-state index contributed by atoms with van der Waals surface area (Å²) in [7, 11) is -3.17. The summed E-state index contributed by atoms with van der Waals surface area (Å²) in [6.07, 6.45) is 0. The number of phenolic OH excluding ortho intramolecular Hbond substituents is 1. The van der Waals surface area contributed by atoms with Gasteiger partial charge in [0.15, 0.2) is 0 Å². The van der Waals surface area contributed by atoms with Crippen molar-refractivity contribution < 1.29 is 28.1 Å². The molecule has 0 radical (unpaired) electrons. The Bertz CT molecular complexity index is 939. The summed E-state index contributed by atoms with van der Waals surface area (Å²) in [5.41, 5.74) is -1.58. The molecule has 0 aliphatic carbocycles. The van der Waals surface area contributed by atoms with Crippen LogP contribution in [0.5, 0.6) is 11.5 Å². The molecule has 0 heterocycles. The Morgan fingerprint density at radius 2 is 1.62 bits per heavy atom. The molecule has 2 aromatic rings. The van der Waals surface area contributed by atoms with Crippen molar-refractivity contribution in [2.45, 2.75) is 9.79 Å². The van der Waals surface area contributed by atoms with Crippen LogP contribution in [0.25, 0.3) is 0 Å². The van der Waals surface area contributed by atoms with Gasteiger partial charge < -0.3 is 9.84 Å². The van der Waals surface area contributed by atoms with Crippen LogP contribution in [0.1, 0.15) is 0 Å². The van der Waals surface area contributed by atoms with Crippen LogP contribution in [0.15, 0.2) is 46.2 Å². The summed E-state index contributed by atoms with van der Waals surface area (Å²) in [6, 6.07) is 5.45. The minimum Gasteiger partial charge on any atom is -0.506 e. The number of methoxy groups -OCH3 is 1. The Labute approximate surface area is 135 Å². The van der Waals surface area contributed by atoms with E-state index in [2.05, 4.69) is 0 Å². The average molecular weight is 354 g/mol. The van der Waals surface area contributed by atoms with Crippen LogP contribution in [-0.2, 0) is 9.84 Å². The number of hydrogen-bond donors (Lipinski definition) is 1. The van der Waals surface area contributed by atoms with Gasteiger partial charge in [-0.05, 0) is 18.2 Å². The Hall–Kier alpha value is -3.21. The van der Waals surface area contributed by atoms with Crippen molar-refractivity contribution in [1.29, 1.82) is 0 Å². The topological polar surface area (TPSA) is 150 Å². The number of hydrogen-bond acceptors (Lipinski definition) is 8. The van der Waals surface area contributed by atoms with Gasteiger partial charge in [0.1, 0.15) is 21.3 Å². The molecular formula is C13H10N2O8S. The maximum Gasteiger partial charge on any atom is 0.295 e. The Kier molecular flexibility index (Phi) is 4.37. The minimum absolute atomic E-state index is 0.185. The van der Waals surface area contributed by atoms with Crippen molar-refractivity contribution >= 4 is 21.2 Å². The third-order valence-electron chi connectivity index (χ3n) is 3.10. The van der Waals surface area contributed by atoms with Gasteiger partial charge in [0.05, 0.1) is 23.0 Å². The molecule has 0 fully saturated rings. The molecule has 0 amide bonds. The molecule has 2 aromatic carbocycles. The molecule has 0 unspecified atom stereocenters. The number of ether oxygens (including phenoxy) is 1. The first-order chi connectivity index (χ1) is 11.2. The van der Waals surface area contributed by atoms with Crippen LogP contribution in [0.2, 0.25) is 0 Å². The highest BCUT2D eigenvalue weighted by Crippen LogP contribution is 2.36. The third-order valence-corrected chi connectivity index (χ3v) is 4.94. The Balaban J connectivity index is 2.70. The fourth-order valence-electron chi connectivity index (χ4n) is 1.96. The summed E-state index contributed by atoms with van der Waals surface area (Å²) in [5, 5.41) is 31.7. The molecule has 0 saturated heterocycles. The maximum atomic E-state index is 12.6. The monoisotopic (exact) mass is 354 g/mol. The zero-order valence-corrected chi connectivity index (χ0v) is 12.9. The van der Waals surface area contributed by atoms with Gasteiger partial charge in [-0.2, -0.15) is 0 Å². The summed E-state index contributed by atoms with van der Waals surface area (Å²) >= 11 is 0. The van der Waals surface area contributed by atoms with Crippen molar-refractivity contribution in [2.24, 2.45) is 0 Å². The van der Waals surface area contributed by atoms with Gasteiger partial charge in [0.2, 0.25) is 9.84 Å². The normalized spacial score (nSPS) is 11.0. The van der Waals surface area contributed by atoms with E-state index in [-0.39, 0.29) is 5.75 Å². The van der Waals surface area contributed by atoms with E-state index >= 15 is 0 Å². The lowest BCUT2D eigenvalue weighted by atomic mass is 10.3. The zero-order chi connectivity index (χ0) is 18.1. The van der Waals surface area contributed by atoms with Crippen molar-refractivity contribution in [3.63, 3.8) is 0 Å². The van der Waals surface area contributed by atoms with Gasteiger partial charge in [0.25, 0.3) is 11.4 Å². The van der Waals surface area contributed by atoms with E-state index in [9.17, 15) is 33.8 Å². The summed E-state index contributed by atoms with van der Waals surface area (Å²) in [4.78, 5) is 18.5. The number of sulfone groups is 1. The van der Waals surface area contributed by atoms with Gasteiger partial charge >= 0.3 is 0 Å². The first kappa shape index (κ1) is 17.1. The van der Waals surface area contributed by atoms with E-state index in [1.165, 1.54) is 13.2 Å². The lowest BCUT2D eigenvalue weighted by molar-refractivity contribution is -0.396. The number of nitrogens with zero attached hydrogens (tertiary/aromatic N) is 2. The SMILES string of the molecule is COc1ccc(S(=O)(=O)c2ccc([N+](=O)[O-])cc2[N+](=O)[O-])c(O)c1. The number of nitro benzene ring substituents is 2. The van der Waals surface area contributed by atoms with Crippen molar-refractivity contribution in [2.75, 3.05) is 7.11 Å². The fraction of sp³-hybridized carbons (Fsp3) is 0.0769. The van der Waals surface area contributed by atoms with Crippen LogP contribution in [-0.4, -0.2) is 30.5 Å². The van der Waals surface area contributed by atoms with E-state index in [0.29, 0.717) is 6.07 Å². The molecule has 0 atom stereocenters. The molecule has 0 spiro atoms. The van der Waals surface area contributed by atoms with Gasteiger partial charge in [-0.3, -0.25) is 20.2 Å². The van der Waals surface area contributed by atoms with Crippen LogP contribution in [0.4, 0.5) is 11.4 Å². The summed E-state index contributed by atoms with van der Waals surface area (Å²) < 4.78 is 30.0. The Morgan fingerprint density at radius 3 is 2.12 bits per heavy atom. The predicted molar refractivity (Wildman–Crippen MR) is 79.9 cm³/mol. The maximum absolute atomic E-state index is 12.6. The van der Waals surface area contributed by atoms with Crippen molar-refractivity contribution in [1.82, 2.24) is 0 Å². The molecule has 0 saturated carbocycles. The summed E-state index contributed by atoms with van der Waals surface area (Å²) in [5.74, 6) is -0.480. The van der Waals surface area contributed by atoms with E-state index < -0.39 is 46.6 Å². The second kappa shape index (κ2) is 6.12. The summed E-state index contributed by atoms with van der Waals surface area (Å²) in [6.45, 7) is 0. The number of nitro groups is 2. The predicted octanol–water partition coefficient (Wildman–Crippen LogP) is 2.05. The first-order valence-corrected chi connectivity index (χ1v) is 7.71. The quantitative estimate of drug-likeness (QED) is 0.633. The molecule has 1 N–H and O–H groups in total. The molecule has 126 valence electrons. The zero-order valence-electron chi connectivity index (χ0n) is 12.1. The third kappa shape index (κ3) is 2.96. The van der Waals surface area contributed by atoms with E-state index in [0.717, 1.165) is 24.3 Å². The highest BCUT2D eigenvalue weighted by molar-refractivity contribution is 7.91. The fourth-order valence-corrected chi connectivity index (χ4v) is 3.43.